The topological polar surface area (TPSA) is 56.7 Å². The summed E-state index contributed by atoms with van der Waals surface area (Å²) < 4.78 is 20.2. The predicted octanol–water partition coefficient (Wildman–Crippen LogP) is 2.54. The highest BCUT2D eigenvalue weighted by atomic mass is 35.5. The van der Waals surface area contributed by atoms with Crippen LogP contribution >= 0.6 is 11.6 Å². The van der Waals surface area contributed by atoms with Gasteiger partial charge in [-0.3, -0.25) is 0 Å². The standard InChI is InChI=1S/C12H10ClFN4O/c13-6-11-16-12-8(14)2-1-3-9(12)18(11)5-4-10-15-7-19-17-10/h1-3,7H,4-6H2. The number of nitrogens with zero attached hydrogens (tertiary/aromatic N) is 4. The van der Waals surface area contributed by atoms with Gasteiger partial charge >= 0.3 is 0 Å². The molecule has 0 spiro atoms. The molecule has 5 nitrogen and oxygen atoms in total. The molecule has 0 N–H and O–H groups in total. The first-order chi connectivity index (χ1) is 9.29. The van der Waals surface area contributed by atoms with E-state index in [2.05, 4.69) is 19.6 Å². The van der Waals surface area contributed by atoms with Crippen LogP contribution in [0.4, 0.5) is 4.39 Å². The minimum atomic E-state index is -0.345. The molecule has 0 radical (unpaired) electrons. The van der Waals surface area contributed by atoms with Crippen LogP contribution in [0, 0.1) is 5.82 Å². The Morgan fingerprint density at radius 1 is 1.37 bits per heavy atom. The van der Waals surface area contributed by atoms with Crippen molar-refractivity contribution in [2.75, 3.05) is 0 Å². The number of hydrogen-bond donors (Lipinski definition) is 0. The molecule has 2 heterocycles. The van der Waals surface area contributed by atoms with Crippen molar-refractivity contribution in [3.8, 4) is 0 Å². The molecule has 7 heteroatoms. The number of para-hydroxylation sites is 1. The molecular weight excluding hydrogens is 271 g/mol. The molecule has 0 amide bonds. The molecule has 0 aliphatic carbocycles. The highest BCUT2D eigenvalue weighted by Gasteiger charge is 2.13. The van der Waals surface area contributed by atoms with Crippen LogP contribution in [0.25, 0.3) is 11.0 Å². The van der Waals surface area contributed by atoms with Crippen molar-refractivity contribution in [1.82, 2.24) is 19.7 Å². The van der Waals surface area contributed by atoms with E-state index >= 15 is 0 Å². The molecular formula is C12H10ClFN4O. The Bertz CT molecular complexity index is 695. The Hall–Kier alpha value is -1.95. The lowest BCUT2D eigenvalue weighted by Crippen LogP contribution is -2.06. The summed E-state index contributed by atoms with van der Waals surface area (Å²) in [6.45, 7) is 0.571. The fourth-order valence-electron chi connectivity index (χ4n) is 2.03. The van der Waals surface area contributed by atoms with Crippen LogP contribution < -0.4 is 0 Å². The number of aromatic nitrogens is 4. The molecule has 3 aromatic rings. The summed E-state index contributed by atoms with van der Waals surface area (Å²) in [5.41, 5.74) is 1.06. The number of rotatable bonds is 4. The second-order valence-corrected chi connectivity index (χ2v) is 4.29. The molecule has 0 aliphatic heterocycles. The summed E-state index contributed by atoms with van der Waals surface area (Å²) >= 11 is 5.86. The molecule has 0 atom stereocenters. The highest BCUT2D eigenvalue weighted by Crippen LogP contribution is 2.20. The number of aryl methyl sites for hydroxylation is 2. The van der Waals surface area contributed by atoms with Crippen LogP contribution in [0.5, 0.6) is 0 Å². The van der Waals surface area contributed by atoms with Gasteiger partial charge in [0, 0.05) is 13.0 Å². The molecule has 3 rings (SSSR count). The summed E-state index contributed by atoms with van der Waals surface area (Å²) in [6, 6.07) is 4.86. The van der Waals surface area contributed by atoms with E-state index in [1.807, 2.05) is 10.6 Å². The Morgan fingerprint density at radius 3 is 3.00 bits per heavy atom. The third-order valence-electron chi connectivity index (χ3n) is 2.89. The zero-order valence-electron chi connectivity index (χ0n) is 9.88. The molecule has 0 unspecified atom stereocenters. The zero-order valence-corrected chi connectivity index (χ0v) is 10.6. The van der Waals surface area contributed by atoms with Crippen molar-refractivity contribution in [2.45, 2.75) is 18.8 Å². The average molecular weight is 281 g/mol. The molecule has 0 bridgehead atoms. The van der Waals surface area contributed by atoms with E-state index < -0.39 is 0 Å². The van der Waals surface area contributed by atoms with E-state index in [0.29, 0.717) is 30.1 Å². The van der Waals surface area contributed by atoms with Gasteiger partial charge in [0.1, 0.15) is 11.3 Å². The maximum Gasteiger partial charge on any atom is 0.213 e. The highest BCUT2D eigenvalue weighted by molar-refractivity contribution is 6.16. The van der Waals surface area contributed by atoms with Gasteiger partial charge in [0.15, 0.2) is 11.6 Å². The van der Waals surface area contributed by atoms with Crippen molar-refractivity contribution >= 4 is 22.6 Å². The third kappa shape index (κ3) is 2.19. The molecule has 0 aliphatic rings. The van der Waals surface area contributed by atoms with Gasteiger partial charge in [0.2, 0.25) is 6.39 Å². The summed E-state index contributed by atoms with van der Waals surface area (Å²) in [5, 5.41) is 3.74. The molecule has 0 saturated heterocycles. The van der Waals surface area contributed by atoms with E-state index in [9.17, 15) is 4.39 Å². The van der Waals surface area contributed by atoms with Gasteiger partial charge in [-0.15, -0.1) is 11.6 Å². The predicted molar refractivity (Wildman–Crippen MR) is 67.3 cm³/mol. The molecule has 0 saturated carbocycles. The number of halogens is 2. The van der Waals surface area contributed by atoms with Gasteiger partial charge in [-0.05, 0) is 12.1 Å². The van der Waals surface area contributed by atoms with Crippen molar-refractivity contribution in [2.24, 2.45) is 0 Å². The molecule has 1 aromatic carbocycles. The van der Waals surface area contributed by atoms with Crippen molar-refractivity contribution in [3.63, 3.8) is 0 Å². The van der Waals surface area contributed by atoms with Gasteiger partial charge in [-0.1, -0.05) is 11.2 Å². The lowest BCUT2D eigenvalue weighted by Gasteiger charge is -2.05. The third-order valence-corrected chi connectivity index (χ3v) is 3.13. The number of alkyl halides is 1. The van der Waals surface area contributed by atoms with Crippen molar-refractivity contribution in [3.05, 3.63) is 42.1 Å². The normalized spacial score (nSPS) is 11.3. The average Bonchev–Trinajstić information content (AvgIpc) is 3.03. The fourth-order valence-corrected chi connectivity index (χ4v) is 2.23. The maximum absolute atomic E-state index is 13.7. The number of fused-ring (bicyclic) bond motifs is 1. The first kappa shape index (κ1) is 12.1. The molecule has 19 heavy (non-hydrogen) atoms. The van der Waals surface area contributed by atoms with Crippen LogP contribution in [0.15, 0.2) is 29.1 Å². The minimum Gasteiger partial charge on any atom is -0.343 e. The van der Waals surface area contributed by atoms with E-state index in [0.717, 1.165) is 5.52 Å². The van der Waals surface area contributed by atoms with Gasteiger partial charge < -0.3 is 9.09 Å². The number of hydrogen-bond acceptors (Lipinski definition) is 4. The fraction of sp³-hybridized carbons (Fsp3) is 0.250. The van der Waals surface area contributed by atoms with Crippen LogP contribution in [0.2, 0.25) is 0 Å². The summed E-state index contributed by atoms with van der Waals surface area (Å²) in [7, 11) is 0. The Morgan fingerprint density at radius 2 is 2.26 bits per heavy atom. The summed E-state index contributed by atoms with van der Waals surface area (Å²) in [5.74, 6) is 1.10. The van der Waals surface area contributed by atoms with E-state index in [-0.39, 0.29) is 11.7 Å². The van der Waals surface area contributed by atoms with E-state index in [1.54, 1.807) is 6.07 Å². The SMILES string of the molecule is Fc1cccc2c1nc(CCl)n2CCc1ncon1. The van der Waals surface area contributed by atoms with Crippen molar-refractivity contribution < 1.29 is 8.91 Å². The van der Waals surface area contributed by atoms with Crippen LogP contribution in [-0.4, -0.2) is 19.7 Å². The Balaban J connectivity index is 1.99. The Labute approximate surface area is 113 Å². The van der Waals surface area contributed by atoms with Crippen LogP contribution in [0.3, 0.4) is 0 Å². The second-order valence-electron chi connectivity index (χ2n) is 4.02. The van der Waals surface area contributed by atoms with Gasteiger partial charge in [-0.2, -0.15) is 4.98 Å². The first-order valence-electron chi connectivity index (χ1n) is 5.74. The largest absolute Gasteiger partial charge is 0.343 e. The monoisotopic (exact) mass is 280 g/mol. The van der Waals surface area contributed by atoms with Crippen molar-refractivity contribution in [1.29, 1.82) is 0 Å². The van der Waals surface area contributed by atoms with Gasteiger partial charge in [0.25, 0.3) is 0 Å². The summed E-state index contributed by atoms with van der Waals surface area (Å²) in [6.07, 6.45) is 1.85. The van der Waals surface area contributed by atoms with Gasteiger partial charge in [-0.25, -0.2) is 9.37 Å². The minimum absolute atomic E-state index is 0.223. The van der Waals surface area contributed by atoms with Crippen LogP contribution in [0.1, 0.15) is 11.6 Å². The molecule has 98 valence electrons. The molecule has 2 aromatic heterocycles. The number of benzene rings is 1. The smallest absolute Gasteiger partial charge is 0.213 e. The number of imidazole rings is 1. The quantitative estimate of drug-likeness (QED) is 0.689. The zero-order chi connectivity index (χ0) is 13.2. The maximum atomic E-state index is 13.7. The van der Waals surface area contributed by atoms with E-state index in [1.165, 1.54) is 12.5 Å². The lowest BCUT2D eigenvalue weighted by molar-refractivity contribution is 0.408. The van der Waals surface area contributed by atoms with Crippen LogP contribution in [-0.2, 0) is 18.8 Å². The van der Waals surface area contributed by atoms with E-state index in [4.69, 9.17) is 11.6 Å². The molecule has 0 fully saturated rings. The first-order valence-corrected chi connectivity index (χ1v) is 6.28. The Kier molecular flexibility index (Phi) is 3.16. The second kappa shape index (κ2) is 4.97. The lowest BCUT2D eigenvalue weighted by atomic mass is 10.3. The summed E-state index contributed by atoms with van der Waals surface area (Å²) in [4.78, 5) is 8.17. The van der Waals surface area contributed by atoms with Gasteiger partial charge in [0.05, 0.1) is 11.4 Å².